The number of fused-ring (bicyclic) bond motifs is 21. The predicted octanol–water partition coefficient (Wildman–Crippen LogP) is 5.86. The highest BCUT2D eigenvalue weighted by molar-refractivity contribution is 6.56. The van der Waals surface area contributed by atoms with Gasteiger partial charge in [0.2, 0.25) is 46.3 Å². The van der Waals surface area contributed by atoms with Crippen LogP contribution in [-0.4, -0.2) is 297 Å². The third-order valence-corrected chi connectivity index (χ3v) is 22.3. The molecule has 139 heavy (non-hydrogen) atoms. The smallest absolute Gasteiger partial charge is 0.361 e. The van der Waals surface area contributed by atoms with E-state index in [0.717, 1.165) is 50.0 Å². The fourth-order valence-corrected chi connectivity index (χ4v) is 15.7. The number of ketones is 16. The van der Waals surface area contributed by atoms with Gasteiger partial charge < -0.3 is 30.0 Å². The molecule has 2 saturated heterocycles. The summed E-state index contributed by atoms with van der Waals surface area (Å²) in [7, 11) is 6.15. The van der Waals surface area contributed by atoms with Crippen molar-refractivity contribution in [3.8, 4) is 78.8 Å². The van der Waals surface area contributed by atoms with Gasteiger partial charge in [0.25, 0.3) is 40.5 Å². The van der Waals surface area contributed by atoms with Gasteiger partial charge in [0.15, 0.2) is 51.9 Å². The highest BCUT2D eigenvalue weighted by Gasteiger charge is 2.44. The fourth-order valence-electron chi connectivity index (χ4n) is 15.7. The lowest BCUT2D eigenvalue weighted by Gasteiger charge is -2.26. The first-order valence-corrected chi connectivity index (χ1v) is 42.0. The number of hydrogen-bond donors (Lipinski definition) is 1. The van der Waals surface area contributed by atoms with Crippen LogP contribution in [0.5, 0.6) is 0 Å². The number of carbonyl (C=O) groups is 20. The van der Waals surface area contributed by atoms with Crippen LogP contribution < -0.4 is 5.84 Å². The Morgan fingerprint density at radius 1 is 0.338 bits per heavy atom. The van der Waals surface area contributed by atoms with Crippen LogP contribution in [0.1, 0.15) is 190 Å². The minimum absolute atomic E-state index is 0.0172. The van der Waals surface area contributed by atoms with Crippen molar-refractivity contribution in [3.63, 3.8) is 0 Å². The molecule has 0 saturated carbocycles. The second kappa shape index (κ2) is 37.2. The number of aromatic nitrogens is 21. The average molecular weight is 1870 g/mol. The average Bonchev–Trinajstić information content (AvgIpc) is 1.64. The topological polar surface area (TPSA) is 611 Å². The molecule has 2 N–H and O–H groups in total. The van der Waals surface area contributed by atoms with Crippen molar-refractivity contribution in [2.45, 2.75) is 45.9 Å². The number of nitrogen functional groups attached to an aromatic ring is 1. The second-order valence-electron chi connectivity index (χ2n) is 31.7. The van der Waals surface area contributed by atoms with Crippen molar-refractivity contribution in [1.29, 1.82) is 0 Å². The number of hydrogen-bond acceptors (Lipinski definition) is 37. The molecule has 0 radical (unpaired) electrons. The van der Waals surface area contributed by atoms with Crippen LogP contribution in [0.3, 0.4) is 0 Å². The van der Waals surface area contributed by atoms with Crippen LogP contribution in [0, 0.1) is 0 Å². The summed E-state index contributed by atoms with van der Waals surface area (Å²) in [4.78, 5) is 247. The normalized spacial score (nSPS) is 14.9. The number of amides is 3. The first kappa shape index (κ1) is 91.9. The van der Waals surface area contributed by atoms with E-state index in [1.54, 1.807) is 172 Å². The van der Waals surface area contributed by atoms with E-state index in [1.165, 1.54) is 46.6 Å². The van der Waals surface area contributed by atoms with E-state index >= 15 is 0 Å². The van der Waals surface area contributed by atoms with Gasteiger partial charge >= 0.3 is 24.0 Å². The van der Waals surface area contributed by atoms with Crippen molar-refractivity contribution >= 4 is 117 Å². The third-order valence-electron chi connectivity index (χ3n) is 22.3. The number of ether oxygens (including phenoxy) is 2. The number of carbonyl (C=O) groups excluding carboxylic acids is 20. The maximum atomic E-state index is 12.6. The summed E-state index contributed by atoms with van der Waals surface area (Å²) in [6, 6.07) is 45.4. The Labute approximate surface area is 778 Å². The molecule has 7 aromatic carbocycles. The van der Waals surface area contributed by atoms with Crippen LogP contribution >= 0.6 is 0 Å². The molecule has 1 unspecified atom stereocenters. The molecule has 2 fully saturated rings. The van der Waals surface area contributed by atoms with Crippen molar-refractivity contribution < 1.29 is 105 Å². The molecule has 47 nitrogen and oxygen atoms in total. The van der Waals surface area contributed by atoms with Crippen LogP contribution in [0.15, 0.2) is 170 Å². The van der Waals surface area contributed by atoms with Gasteiger partial charge in [-0.3, -0.25) is 81.5 Å². The van der Waals surface area contributed by atoms with Crippen LogP contribution in [0.2, 0.25) is 0 Å². The van der Waals surface area contributed by atoms with E-state index in [-0.39, 0.29) is 103 Å². The van der Waals surface area contributed by atoms with E-state index in [0.29, 0.717) is 110 Å². The second-order valence-corrected chi connectivity index (χ2v) is 31.7. The summed E-state index contributed by atoms with van der Waals surface area (Å²) in [6.45, 7) is 4.79. The summed E-state index contributed by atoms with van der Waals surface area (Å²) < 4.78 is 13.2. The summed E-state index contributed by atoms with van der Waals surface area (Å²) >= 11 is 0. The quantitative estimate of drug-likeness (QED) is 0.159. The maximum absolute atomic E-state index is 12.6. The summed E-state index contributed by atoms with van der Waals surface area (Å²) in [5, 5.41) is 54.8. The molecule has 0 spiro atoms. The molecule has 2 aliphatic heterocycles. The standard InChI is InChI=1S/C15H12N4O4.C15H13N3O3.2C13H10N4O3.C13H7N3O4.C13H9N3O3.C10H6N4O2/c20-13-10-4-2-1-3-9(10)11-12(14(13)21)19(17-16-11)15(22)18-5-7-23-8-6-18;19-14-10-6-2-1-5-9(10)12-13(15(14)20)17-18(16-12)11-7-3-4-8-21-11;1-16(2)13(20)17-10-9(14-15-17)7-5-3-4-6-8(7)11(18)12(10)19;1-16(2)13(20)17-14-9-7-5-3-4-6-8(7)11(18)12(19)10(9)15-17;1-6(17)13(20)16-10-9(14-15-16)7-4-2-3-5-8(7)11(18)12(10)19;1-7(17)6-16-14-10-8-4-2-3-5-9(8)12(18)13(19)11(10)15-16;11-14-12-7-5-3-1-2-4-6(5)9(15)10(16)8(7)13-14/h1-4H,5-8H2;1-2,5-6,11H,3-4,7-8H2;2*3-6H,1-2H3;2-5H,1H3;2-5H,6H2,1H3;1-4H,11H2. The monoisotopic (exact) mass is 1870 g/mol. The Kier molecular flexibility index (Phi) is 24.6. The van der Waals surface area contributed by atoms with E-state index in [9.17, 15) is 95.9 Å². The molecule has 7 aromatic heterocycles. The summed E-state index contributed by atoms with van der Waals surface area (Å²) in [5.41, 5.74) is 7.81. The Hall–Kier alpha value is -19.0. The Morgan fingerprint density at radius 3 is 1.03 bits per heavy atom. The van der Waals surface area contributed by atoms with Gasteiger partial charge in [-0.05, 0) is 26.2 Å². The molecule has 9 heterocycles. The Balaban J connectivity index is 0.000000112. The van der Waals surface area contributed by atoms with Crippen LogP contribution in [0.4, 0.5) is 14.4 Å². The third kappa shape index (κ3) is 16.6. The highest BCUT2D eigenvalue weighted by atomic mass is 16.5. The van der Waals surface area contributed by atoms with Crippen LogP contribution in [-0.2, 0) is 25.6 Å². The zero-order valence-electron chi connectivity index (χ0n) is 73.4. The molecular weight excluding hydrogens is 1810 g/mol. The van der Waals surface area contributed by atoms with Gasteiger partial charge in [0.05, 0.1) is 13.2 Å². The van der Waals surface area contributed by atoms with Crippen molar-refractivity contribution in [1.82, 2.24) is 120 Å². The molecule has 0 bridgehead atoms. The molecule has 23 rings (SSSR count). The molecule has 1 atom stereocenters. The van der Waals surface area contributed by atoms with E-state index in [1.807, 2.05) is 6.07 Å². The van der Waals surface area contributed by atoms with Crippen molar-refractivity contribution in [2.75, 3.05) is 66.9 Å². The number of benzene rings is 7. The minimum Gasteiger partial charge on any atom is -0.378 e. The molecule has 3 amide bonds. The highest BCUT2D eigenvalue weighted by Crippen LogP contribution is 2.39. The maximum Gasteiger partial charge on any atom is 0.361 e. The zero-order chi connectivity index (χ0) is 98.5. The number of rotatable bonds is 4. The Morgan fingerprint density at radius 2 is 0.640 bits per heavy atom. The van der Waals surface area contributed by atoms with Gasteiger partial charge in [0.1, 0.15) is 46.4 Å². The lowest BCUT2D eigenvalue weighted by molar-refractivity contribution is -0.118. The van der Waals surface area contributed by atoms with Crippen molar-refractivity contribution in [2.24, 2.45) is 0 Å². The molecule has 9 aliphatic rings. The summed E-state index contributed by atoms with van der Waals surface area (Å²) in [5.74, 6) is -5.99. The van der Waals surface area contributed by atoms with Gasteiger partial charge in [-0.2, -0.15) is 28.7 Å². The minimum atomic E-state index is -1.00. The lowest BCUT2D eigenvalue weighted by atomic mass is 9.90. The fraction of sp³-hybridized carbons (Fsp3) is 0.174. The van der Waals surface area contributed by atoms with Gasteiger partial charge in [-0.1, -0.05) is 195 Å². The van der Waals surface area contributed by atoms with Crippen molar-refractivity contribution in [3.05, 3.63) is 249 Å². The Bertz CT molecular complexity index is 7750. The number of nitrogens with zero attached hydrogens (tertiary/aromatic N) is 24. The molecule has 692 valence electrons. The summed E-state index contributed by atoms with van der Waals surface area (Å²) in [6.07, 6.45) is 2.63. The SMILES string of the molecule is CC(=O)C(=O)n1nnc2c1C(=O)C(=O)c1ccccc1-2.CC(=O)Cn1nc2c(n1)-c1ccccc1C(=O)C2=O.CN(C)C(=O)n1nc2c(n1)-c1ccccc1C(=O)C2=O.CN(C)C(=O)n1nnc2c1C(=O)C(=O)c1ccccc1-2.Nn1nc2c(n1)-c1ccccc1C(=O)C2=O.O=C1C(=O)c2c(nnn2C(=O)N2CCOCC2)-c2ccccc21.O=C1C(=O)c2nn(C3CCCCO3)nc2-c2ccccc21. The first-order valence-electron chi connectivity index (χ1n) is 42.0. The van der Waals surface area contributed by atoms with Crippen LogP contribution in [0.25, 0.3) is 78.8 Å². The van der Waals surface area contributed by atoms with E-state index < -0.39 is 111 Å². The predicted molar refractivity (Wildman–Crippen MR) is 472 cm³/mol. The number of nitrogens with two attached hydrogens (primary N) is 1. The number of morpholine rings is 1. The lowest BCUT2D eigenvalue weighted by Crippen LogP contribution is -2.44. The molecule has 47 heteroatoms. The number of Topliss-reactive ketones (excluding diaryl/α,β-unsaturated/α-hetero) is 16. The largest absolute Gasteiger partial charge is 0.378 e. The first-order chi connectivity index (χ1) is 66.7. The molecule has 7 aliphatic carbocycles. The van der Waals surface area contributed by atoms with E-state index in [2.05, 4.69) is 71.7 Å². The van der Waals surface area contributed by atoms with E-state index in [4.69, 9.17) is 15.3 Å². The van der Waals surface area contributed by atoms with Gasteiger partial charge in [0, 0.05) is 133 Å². The molecule has 14 aromatic rings. The molecular formula is C92H67N25O22. The van der Waals surface area contributed by atoms with Gasteiger partial charge in [-0.15, -0.1) is 51.0 Å². The van der Waals surface area contributed by atoms with Gasteiger partial charge in [-0.25, -0.2) is 14.4 Å². The zero-order valence-corrected chi connectivity index (χ0v) is 73.4.